The van der Waals surface area contributed by atoms with Gasteiger partial charge in [-0.3, -0.25) is 0 Å². The molecule has 0 atom stereocenters. The molecule has 0 saturated heterocycles. The van der Waals surface area contributed by atoms with Crippen LogP contribution in [0.25, 0.3) is 0 Å². The van der Waals surface area contributed by atoms with E-state index in [1.807, 2.05) is 18.2 Å². The minimum absolute atomic E-state index is 1.25. The van der Waals surface area contributed by atoms with E-state index >= 15 is 0 Å². The standard InChI is InChI=1S/C22H16Si/c1-2-3-19-23(20-13-7-4-8-14-20,21-15-9-5-10-16-21)22-17-11-6-12-18-22/h1,4-18H. The van der Waals surface area contributed by atoms with E-state index in [0.717, 1.165) is 0 Å². The van der Waals surface area contributed by atoms with Gasteiger partial charge in [0.25, 0.3) is 0 Å². The fourth-order valence-corrected chi connectivity index (χ4v) is 6.68. The van der Waals surface area contributed by atoms with Gasteiger partial charge in [0.15, 0.2) is 0 Å². The molecule has 0 aliphatic rings. The maximum atomic E-state index is 5.47. The van der Waals surface area contributed by atoms with Crippen LogP contribution in [0.2, 0.25) is 0 Å². The lowest BCUT2D eigenvalue weighted by Gasteiger charge is -2.27. The third-order valence-corrected chi connectivity index (χ3v) is 8.04. The second-order valence-corrected chi connectivity index (χ2v) is 8.72. The van der Waals surface area contributed by atoms with Gasteiger partial charge in [-0.1, -0.05) is 91.0 Å². The number of hydrogen-bond acceptors (Lipinski definition) is 0. The first-order valence-corrected chi connectivity index (χ1v) is 9.52. The Labute approximate surface area is 138 Å². The van der Waals surface area contributed by atoms with Crippen molar-refractivity contribution in [2.75, 3.05) is 0 Å². The molecule has 0 amide bonds. The van der Waals surface area contributed by atoms with Crippen molar-refractivity contribution in [3.05, 3.63) is 91.0 Å². The SMILES string of the molecule is C#CC#C[Si](c1ccccc1)(c1ccccc1)c1ccccc1. The second kappa shape index (κ2) is 6.84. The van der Waals surface area contributed by atoms with E-state index in [1.54, 1.807) is 0 Å². The van der Waals surface area contributed by atoms with E-state index in [4.69, 9.17) is 6.42 Å². The molecule has 3 aromatic carbocycles. The van der Waals surface area contributed by atoms with Gasteiger partial charge in [-0.05, 0) is 27.4 Å². The zero-order valence-corrected chi connectivity index (χ0v) is 13.7. The highest BCUT2D eigenvalue weighted by atomic mass is 28.3. The van der Waals surface area contributed by atoms with E-state index in [0.29, 0.717) is 0 Å². The third-order valence-electron chi connectivity index (χ3n) is 3.94. The van der Waals surface area contributed by atoms with E-state index in [9.17, 15) is 0 Å². The Bertz CT molecular complexity index is 767. The van der Waals surface area contributed by atoms with Gasteiger partial charge in [0, 0.05) is 0 Å². The number of terminal acetylenes is 1. The van der Waals surface area contributed by atoms with E-state index in [2.05, 4.69) is 90.2 Å². The Balaban J connectivity index is 2.38. The molecule has 0 fully saturated rings. The minimum atomic E-state index is -2.45. The molecule has 0 bridgehead atoms. The van der Waals surface area contributed by atoms with Crippen molar-refractivity contribution in [3.63, 3.8) is 0 Å². The molecule has 0 N–H and O–H groups in total. The highest BCUT2D eigenvalue weighted by Gasteiger charge is 2.38. The predicted molar refractivity (Wildman–Crippen MR) is 101 cm³/mol. The zero-order valence-electron chi connectivity index (χ0n) is 12.7. The van der Waals surface area contributed by atoms with Crippen molar-refractivity contribution >= 4 is 23.6 Å². The molecule has 1 heteroatoms. The normalized spacial score (nSPS) is 10.2. The summed E-state index contributed by atoms with van der Waals surface area (Å²) in [5.74, 6) is 5.43. The zero-order chi connectivity index (χ0) is 16.0. The van der Waals surface area contributed by atoms with Crippen molar-refractivity contribution in [2.45, 2.75) is 0 Å². The van der Waals surface area contributed by atoms with Gasteiger partial charge in [-0.2, -0.15) is 0 Å². The molecular formula is C22H16Si. The summed E-state index contributed by atoms with van der Waals surface area (Å²) in [7, 11) is -2.45. The molecule has 108 valence electrons. The molecule has 23 heavy (non-hydrogen) atoms. The Kier molecular flexibility index (Phi) is 4.43. The lowest BCUT2D eigenvalue weighted by atomic mass is 10.3. The van der Waals surface area contributed by atoms with E-state index < -0.39 is 8.07 Å². The summed E-state index contributed by atoms with van der Waals surface area (Å²) in [5.41, 5.74) is 3.48. The van der Waals surface area contributed by atoms with Gasteiger partial charge in [0.1, 0.15) is 0 Å². The molecular weight excluding hydrogens is 292 g/mol. The summed E-state index contributed by atoms with van der Waals surface area (Å²) < 4.78 is 0. The summed E-state index contributed by atoms with van der Waals surface area (Å²) in [6.07, 6.45) is 5.47. The Hall–Kier alpha value is -3.00. The molecule has 0 aliphatic heterocycles. The average Bonchev–Trinajstić information content (AvgIpc) is 2.65. The average molecular weight is 308 g/mol. The summed E-state index contributed by atoms with van der Waals surface area (Å²) in [4.78, 5) is 0. The highest BCUT2D eigenvalue weighted by Crippen LogP contribution is 2.06. The fraction of sp³-hybridized carbons (Fsp3) is 0. The van der Waals surface area contributed by atoms with Crippen molar-refractivity contribution < 1.29 is 0 Å². The third kappa shape index (κ3) is 2.84. The molecule has 0 spiro atoms. The van der Waals surface area contributed by atoms with Crippen LogP contribution in [0.15, 0.2) is 91.0 Å². The summed E-state index contributed by atoms with van der Waals surface area (Å²) >= 11 is 0. The van der Waals surface area contributed by atoms with Gasteiger partial charge in [-0.15, -0.1) is 12.0 Å². The van der Waals surface area contributed by atoms with Gasteiger partial charge < -0.3 is 0 Å². The Morgan fingerprint density at radius 3 is 1.22 bits per heavy atom. The van der Waals surface area contributed by atoms with Crippen LogP contribution in [0.5, 0.6) is 0 Å². The molecule has 0 nitrogen and oxygen atoms in total. The summed E-state index contributed by atoms with van der Waals surface area (Å²) in [6, 6.07) is 31.5. The molecule has 0 unspecified atom stereocenters. The van der Waals surface area contributed by atoms with Crippen LogP contribution in [-0.2, 0) is 0 Å². The predicted octanol–water partition coefficient (Wildman–Crippen LogP) is 2.33. The summed E-state index contributed by atoms with van der Waals surface area (Å²) in [5, 5.41) is 3.75. The molecule has 0 radical (unpaired) electrons. The first kappa shape index (κ1) is 14.9. The number of benzene rings is 3. The molecule has 3 aromatic rings. The molecule has 0 aliphatic carbocycles. The fourth-order valence-electron chi connectivity index (χ4n) is 2.91. The van der Waals surface area contributed by atoms with Crippen molar-refractivity contribution in [2.24, 2.45) is 0 Å². The van der Waals surface area contributed by atoms with Crippen LogP contribution in [0, 0.1) is 23.8 Å². The number of rotatable bonds is 3. The van der Waals surface area contributed by atoms with Crippen LogP contribution < -0.4 is 15.6 Å². The van der Waals surface area contributed by atoms with Crippen LogP contribution in [0.4, 0.5) is 0 Å². The van der Waals surface area contributed by atoms with Gasteiger partial charge in [0.05, 0.1) is 0 Å². The molecule has 3 rings (SSSR count). The Morgan fingerprint density at radius 1 is 0.565 bits per heavy atom. The van der Waals surface area contributed by atoms with Gasteiger partial charge >= 0.3 is 0 Å². The molecule has 0 saturated carbocycles. The largest absolute Gasteiger partial charge is 0.231 e. The maximum absolute atomic E-state index is 5.47. The van der Waals surface area contributed by atoms with E-state index in [-0.39, 0.29) is 0 Å². The van der Waals surface area contributed by atoms with Gasteiger partial charge in [0.2, 0.25) is 8.07 Å². The van der Waals surface area contributed by atoms with Crippen molar-refractivity contribution in [1.82, 2.24) is 0 Å². The van der Waals surface area contributed by atoms with E-state index in [1.165, 1.54) is 15.6 Å². The highest BCUT2D eigenvalue weighted by molar-refractivity contribution is 7.16. The second-order valence-electron chi connectivity index (χ2n) is 5.24. The topological polar surface area (TPSA) is 0 Å². The van der Waals surface area contributed by atoms with Crippen LogP contribution in [0.3, 0.4) is 0 Å². The first-order chi connectivity index (χ1) is 11.4. The molecule has 0 heterocycles. The maximum Gasteiger partial charge on any atom is 0.231 e. The lowest BCUT2D eigenvalue weighted by molar-refractivity contribution is 1.69. The number of hydrogen-bond donors (Lipinski definition) is 0. The first-order valence-electron chi connectivity index (χ1n) is 7.52. The van der Waals surface area contributed by atoms with Crippen LogP contribution in [0.1, 0.15) is 0 Å². The minimum Gasteiger partial charge on any atom is -0.106 e. The Morgan fingerprint density at radius 2 is 0.913 bits per heavy atom. The molecule has 0 aromatic heterocycles. The van der Waals surface area contributed by atoms with Gasteiger partial charge in [-0.25, -0.2) is 0 Å². The van der Waals surface area contributed by atoms with Crippen molar-refractivity contribution in [3.8, 4) is 23.8 Å². The quantitative estimate of drug-likeness (QED) is 0.396. The smallest absolute Gasteiger partial charge is 0.106 e. The lowest BCUT2D eigenvalue weighted by Crippen LogP contribution is -2.66. The van der Waals surface area contributed by atoms with Crippen molar-refractivity contribution in [1.29, 1.82) is 0 Å². The van der Waals surface area contributed by atoms with Crippen LogP contribution >= 0.6 is 0 Å². The summed E-state index contributed by atoms with van der Waals surface area (Å²) in [6.45, 7) is 0. The van der Waals surface area contributed by atoms with Crippen LogP contribution in [-0.4, -0.2) is 8.07 Å². The monoisotopic (exact) mass is 308 g/mol.